The van der Waals surface area contributed by atoms with E-state index >= 15 is 0 Å². The quantitative estimate of drug-likeness (QED) is 0.593. The van der Waals surface area contributed by atoms with Gasteiger partial charge in [0, 0.05) is 17.3 Å². The number of imidazole rings is 1. The highest BCUT2D eigenvalue weighted by Gasteiger charge is 2.11. The van der Waals surface area contributed by atoms with Crippen LogP contribution in [-0.2, 0) is 0 Å². The van der Waals surface area contributed by atoms with Gasteiger partial charge in [-0.15, -0.1) is 0 Å². The number of aromatic amines is 1. The van der Waals surface area contributed by atoms with Crippen molar-refractivity contribution in [2.75, 3.05) is 18.6 Å². The van der Waals surface area contributed by atoms with Gasteiger partial charge in [0.1, 0.15) is 23.4 Å². The van der Waals surface area contributed by atoms with Gasteiger partial charge in [-0.3, -0.25) is 0 Å². The Balaban J connectivity index is 2.16. The number of nitrogen functional groups attached to an aromatic ring is 2. The molecule has 2 aromatic heterocycles. The molecule has 2 heterocycles. The van der Waals surface area contributed by atoms with Gasteiger partial charge in [-0.05, 0) is 12.1 Å². The molecule has 0 aliphatic carbocycles. The Morgan fingerprint density at radius 3 is 2.74 bits per heavy atom. The van der Waals surface area contributed by atoms with E-state index in [1.54, 1.807) is 13.2 Å². The zero-order chi connectivity index (χ0) is 13.4. The second-order valence-electron chi connectivity index (χ2n) is 4.00. The lowest BCUT2D eigenvalue weighted by molar-refractivity contribution is 0.415. The Bertz CT molecular complexity index is 751. The number of fused-ring (bicyclic) bond motifs is 1. The van der Waals surface area contributed by atoms with Crippen molar-refractivity contribution >= 4 is 22.7 Å². The van der Waals surface area contributed by atoms with Crippen molar-refractivity contribution in [3.63, 3.8) is 0 Å². The topological polar surface area (TPSA) is 116 Å². The van der Waals surface area contributed by atoms with Crippen LogP contribution >= 0.6 is 0 Å². The fourth-order valence-electron chi connectivity index (χ4n) is 1.86. The number of anilines is 2. The molecule has 7 nitrogen and oxygen atoms in total. The highest BCUT2D eigenvalue weighted by molar-refractivity contribution is 5.86. The molecule has 0 aliphatic rings. The first-order valence-corrected chi connectivity index (χ1v) is 5.59. The predicted molar refractivity (Wildman–Crippen MR) is 72.5 cm³/mol. The SMILES string of the molecule is COc1ccc(-c2nc3ncnc(N)c3[nH]2)c(N)c1. The highest BCUT2D eigenvalue weighted by atomic mass is 16.5. The normalized spacial score (nSPS) is 10.8. The number of benzene rings is 1. The van der Waals surface area contributed by atoms with Crippen molar-refractivity contribution in [3.8, 4) is 17.1 Å². The van der Waals surface area contributed by atoms with Crippen molar-refractivity contribution in [1.29, 1.82) is 0 Å². The summed E-state index contributed by atoms with van der Waals surface area (Å²) in [6, 6.07) is 5.38. The zero-order valence-corrected chi connectivity index (χ0v) is 10.2. The average Bonchev–Trinajstić information content (AvgIpc) is 2.83. The van der Waals surface area contributed by atoms with Crippen LogP contribution in [0.4, 0.5) is 11.5 Å². The molecular weight excluding hydrogens is 244 g/mol. The number of methoxy groups -OCH3 is 1. The lowest BCUT2D eigenvalue weighted by atomic mass is 10.1. The highest BCUT2D eigenvalue weighted by Crippen LogP contribution is 2.29. The van der Waals surface area contributed by atoms with E-state index in [-0.39, 0.29) is 0 Å². The van der Waals surface area contributed by atoms with Gasteiger partial charge >= 0.3 is 0 Å². The molecule has 0 saturated heterocycles. The molecule has 0 aliphatic heterocycles. The summed E-state index contributed by atoms with van der Waals surface area (Å²) in [5, 5.41) is 0. The minimum absolute atomic E-state index is 0.357. The van der Waals surface area contributed by atoms with Gasteiger partial charge in [0.25, 0.3) is 0 Å². The van der Waals surface area contributed by atoms with E-state index in [1.165, 1.54) is 6.33 Å². The summed E-state index contributed by atoms with van der Waals surface area (Å²) in [5.41, 5.74) is 14.2. The van der Waals surface area contributed by atoms with E-state index in [9.17, 15) is 0 Å². The van der Waals surface area contributed by atoms with Crippen LogP contribution < -0.4 is 16.2 Å². The molecule has 0 bridgehead atoms. The molecule has 3 aromatic rings. The summed E-state index contributed by atoms with van der Waals surface area (Å²) < 4.78 is 5.11. The molecule has 7 heteroatoms. The number of ether oxygens (including phenoxy) is 1. The van der Waals surface area contributed by atoms with Crippen LogP contribution in [0.25, 0.3) is 22.6 Å². The Morgan fingerprint density at radius 1 is 1.21 bits per heavy atom. The maximum absolute atomic E-state index is 5.98. The van der Waals surface area contributed by atoms with E-state index < -0.39 is 0 Å². The fourth-order valence-corrected chi connectivity index (χ4v) is 1.86. The van der Waals surface area contributed by atoms with Gasteiger partial charge < -0.3 is 21.2 Å². The molecule has 5 N–H and O–H groups in total. The third-order valence-electron chi connectivity index (χ3n) is 2.83. The van der Waals surface area contributed by atoms with Gasteiger partial charge in [-0.2, -0.15) is 0 Å². The zero-order valence-electron chi connectivity index (χ0n) is 10.2. The average molecular weight is 256 g/mol. The number of hydrogen-bond acceptors (Lipinski definition) is 6. The molecule has 3 rings (SSSR count). The minimum Gasteiger partial charge on any atom is -0.497 e. The van der Waals surface area contributed by atoms with Crippen LogP contribution in [0.5, 0.6) is 5.75 Å². The third-order valence-corrected chi connectivity index (χ3v) is 2.83. The van der Waals surface area contributed by atoms with Crippen LogP contribution in [-0.4, -0.2) is 27.0 Å². The summed E-state index contributed by atoms with van der Waals surface area (Å²) in [5.74, 6) is 1.65. The van der Waals surface area contributed by atoms with Crippen molar-refractivity contribution in [1.82, 2.24) is 19.9 Å². The van der Waals surface area contributed by atoms with Crippen LogP contribution in [0, 0.1) is 0 Å². The van der Waals surface area contributed by atoms with Gasteiger partial charge in [0.2, 0.25) is 0 Å². The smallest absolute Gasteiger partial charge is 0.183 e. The molecule has 0 atom stereocenters. The number of hydrogen-bond donors (Lipinski definition) is 3. The Hall–Kier alpha value is -2.83. The predicted octanol–water partition coefficient (Wildman–Crippen LogP) is 1.19. The molecule has 0 unspecified atom stereocenters. The van der Waals surface area contributed by atoms with Crippen molar-refractivity contribution < 1.29 is 4.74 Å². The maximum atomic E-state index is 5.98. The first kappa shape index (κ1) is 11.3. The second kappa shape index (κ2) is 4.13. The number of rotatable bonds is 2. The Kier molecular flexibility index (Phi) is 2.45. The molecule has 0 fully saturated rings. The molecule has 1 aromatic carbocycles. The second-order valence-corrected chi connectivity index (χ2v) is 4.00. The van der Waals surface area contributed by atoms with E-state index in [4.69, 9.17) is 16.2 Å². The molecule has 0 amide bonds. The number of nitrogens with two attached hydrogens (primary N) is 2. The van der Waals surface area contributed by atoms with E-state index in [1.807, 2.05) is 12.1 Å². The van der Waals surface area contributed by atoms with Crippen LogP contribution in [0.2, 0.25) is 0 Å². The number of nitrogens with one attached hydrogen (secondary N) is 1. The molecule has 19 heavy (non-hydrogen) atoms. The summed E-state index contributed by atoms with van der Waals surface area (Å²) in [4.78, 5) is 15.4. The minimum atomic E-state index is 0.357. The van der Waals surface area contributed by atoms with E-state index in [0.29, 0.717) is 34.2 Å². The number of aromatic nitrogens is 4. The standard InChI is InChI=1S/C12H12N6O/c1-19-6-2-3-7(8(13)4-6)11-17-9-10(14)15-5-16-12(9)18-11/h2-5H,13H2,1H3,(H3,14,15,16,17,18). The Labute approximate surface area is 108 Å². The largest absolute Gasteiger partial charge is 0.497 e. The number of H-pyrrole nitrogens is 1. The fraction of sp³-hybridized carbons (Fsp3) is 0.0833. The first-order chi connectivity index (χ1) is 9.19. The van der Waals surface area contributed by atoms with Gasteiger partial charge in [-0.25, -0.2) is 15.0 Å². The molecule has 0 spiro atoms. The van der Waals surface area contributed by atoms with Gasteiger partial charge in [0.05, 0.1) is 7.11 Å². The van der Waals surface area contributed by atoms with Crippen LogP contribution in [0.15, 0.2) is 24.5 Å². The molecule has 0 radical (unpaired) electrons. The molecule has 0 saturated carbocycles. The van der Waals surface area contributed by atoms with Gasteiger partial charge in [-0.1, -0.05) is 0 Å². The van der Waals surface area contributed by atoms with Crippen LogP contribution in [0.3, 0.4) is 0 Å². The van der Waals surface area contributed by atoms with Gasteiger partial charge in [0.15, 0.2) is 11.5 Å². The first-order valence-electron chi connectivity index (χ1n) is 5.59. The molecular formula is C12H12N6O. The summed E-state index contributed by atoms with van der Waals surface area (Å²) in [6.07, 6.45) is 1.37. The monoisotopic (exact) mass is 256 g/mol. The number of nitrogens with zero attached hydrogens (tertiary/aromatic N) is 3. The summed E-state index contributed by atoms with van der Waals surface area (Å²) >= 11 is 0. The summed E-state index contributed by atoms with van der Waals surface area (Å²) in [6.45, 7) is 0. The van der Waals surface area contributed by atoms with Crippen molar-refractivity contribution in [3.05, 3.63) is 24.5 Å². The van der Waals surface area contributed by atoms with Crippen molar-refractivity contribution in [2.45, 2.75) is 0 Å². The lowest BCUT2D eigenvalue weighted by Crippen LogP contribution is -1.93. The van der Waals surface area contributed by atoms with E-state index in [0.717, 1.165) is 5.56 Å². The molecule has 96 valence electrons. The third kappa shape index (κ3) is 1.81. The van der Waals surface area contributed by atoms with E-state index in [2.05, 4.69) is 19.9 Å². The summed E-state index contributed by atoms with van der Waals surface area (Å²) in [7, 11) is 1.59. The Morgan fingerprint density at radius 2 is 2.05 bits per heavy atom. The lowest BCUT2D eigenvalue weighted by Gasteiger charge is -2.05. The van der Waals surface area contributed by atoms with Crippen LogP contribution in [0.1, 0.15) is 0 Å². The van der Waals surface area contributed by atoms with Crippen molar-refractivity contribution in [2.24, 2.45) is 0 Å². The maximum Gasteiger partial charge on any atom is 0.183 e.